The van der Waals surface area contributed by atoms with Gasteiger partial charge in [-0.1, -0.05) is 63.4 Å². The minimum atomic E-state index is -4.71. The minimum Gasteiger partial charge on any atom is -0.394 e. The zero-order valence-corrected chi connectivity index (χ0v) is 35.2. The number of unbranched alkanes of at least 4 members (excludes halogenated alkanes) is 4. The van der Waals surface area contributed by atoms with Crippen molar-refractivity contribution in [3.05, 3.63) is 54.1 Å². The Hall–Kier alpha value is -4.68. The summed E-state index contributed by atoms with van der Waals surface area (Å²) >= 11 is 0. The van der Waals surface area contributed by atoms with Crippen LogP contribution in [0.15, 0.2) is 42.9 Å². The molecule has 0 aliphatic carbocycles. The first-order chi connectivity index (χ1) is 28.0. The molecular formula is C39H61N8O11P. The molecule has 59 heavy (non-hydrogen) atoms. The van der Waals surface area contributed by atoms with Gasteiger partial charge in [0, 0.05) is 31.8 Å². The van der Waals surface area contributed by atoms with Crippen molar-refractivity contribution in [3.8, 4) is 0 Å². The number of hydrogen-bond donors (Lipinski definition) is 8. The molecule has 20 heteroatoms. The number of likely N-dealkylation sites (tertiary alicyclic amines) is 1. The van der Waals surface area contributed by atoms with Crippen molar-refractivity contribution in [1.82, 2.24) is 36.1 Å². The largest absolute Gasteiger partial charge is 0.472 e. The number of aromatic nitrogens is 2. The molecule has 1 saturated heterocycles. The molecule has 1 aromatic carbocycles. The van der Waals surface area contributed by atoms with E-state index in [1.54, 1.807) is 0 Å². The maximum atomic E-state index is 13.7. The Bertz CT molecular complexity index is 1720. The first-order valence-corrected chi connectivity index (χ1v) is 21.6. The maximum absolute atomic E-state index is 13.7. The van der Waals surface area contributed by atoms with E-state index in [2.05, 4.69) is 43.4 Å². The standard InChI is InChI=1S/C39H61N8O11P/c1-25(2)20-30(44-39(54)33-17-13-18-47(33)27(4)49)36(51)43-31(21-29-22-41-24-42-29)37(52)45-32(23-48)38(53)46-34(35(40)50)26(3)58-59(55,56)57-19-12-7-5-6-9-14-28-15-10-8-11-16-28/h8,10-11,15-16,22,24-26,30-34,48H,5-7,9,12-14,17-21,23H2,1-4H3,(H2,40,50)(H,41,42)(H,43,51)(H,44,54)(H,45,52)(H,46,53)(H,55,56)/t26-,30+,31+,32+,33?,34+/m1/s1. The highest BCUT2D eigenvalue weighted by atomic mass is 31.2. The molecular weight excluding hydrogens is 787 g/mol. The molecule has 1 aliphatic rings. The van der Waals surface area contributed by atoms with Crippen LogP contribution in [0.1, 0.15) is 90.3 Å². The highest BCUT2D eigenvalue weighted by Crippen LogP contribution is 2.45. The van der Waals surface area contributed by atoms with Gasteiger partial charge in [-0.2, -0.15) is 0 Å². The molecule has 2 unspecified atom stereocenters. The summed E-state index contributed by atoms with van der Waals surface area (Å²) in [4.78, 5) is 97.0. The molecule has 0 radical (unpaired) electrons. The number of nitrogens with two attached hydrogens (primary N) is 1. The topological polar surface area (TPSA) is 284 Å². The number of primary amides is 1. The number of aromatic amines is 1. The first-order valence-electron chi connectivity index (χ1n) is 20.1. The van der Waals surface area contributed by atoms with Gasteiger partial charge in [-0.15, -0.1) is 0 Å². The number of rotatable bonds is 26. The summed E-state index contributed by atoms with van der Waals surface area (Å²) in [5.74, 6) is -4.70. The monoisotopic (exact) mass is 848 g/mol. The molecule has 0 spiro atoms. The van der Waals surface area contributed by atoms with Crippen molar-refractivity contribution in [2.75, 3.05) is 19.8 Å². The third-order valence-corrected chi connectivity index (χ3v) is 10.9. The zero-order chi connectivity index (χ0) is 43.5. The van der Waals surface area contributed by atoms with E-state index in [1.807, 2.05) is 32.0 Å². The van der Waals surface area contributed by atoms with Crippen molar-refractivity contribution in [3.63, 3.8) is 0 Å². The van der Waals surface area contributed by atoms with E-state index < -0.39 is 80.3 Å². The molecule has 6 amide bonds. The van der Waals surface area contributed by atoms with E-state index in [4.69, 9.17) is 14.8 Å². The molecule has 19 nitrogen and oxygen atoms in total. The number of benzene rings is 1. The number of carbonyl (C=O) groups is 6. The Labute approximate surface area is 344 Å². The summed E-state index contributed by atoms with van der Waals surface area (Å²) in [5, 5.41) is 20.1. The molecule has 2 aromatic rings. The van der Waals surface area contributed by atoms with Crippen LogP contribution >= 0.6 is 7.82 Å². The number of amides is 6. The summed E-state index contributed by atoms with van der Waals surface area (Å²) in [6.45, 7) is 5.64. The number of aliphatic hydroxyl groups excluding tert-OH is 1. The Morgan fingerprint density at radius 1 is 0.932 bits per heavy atom. The van der Waals surface area contributed by atoms with Crippen LogP contribution in [-0.4, -0.2) is 116 Å². The molecule has 2 heterocycles. The Balaban J connectivity index is 1.58. The summed E-state index contributed by atoms with van der Waals surface area (Å²) in [6.07, 6.45) is 7.51. The van der Waals surface area contributed by atoms with E-state index in [0.29, 0.717) is 31.5 Å². The fraction of sp³-hybridized carbons (Fsp3) is 0.615. The molecule has 0 saturated carbocycles. The number of aryl methyl sites for hydroxylation is 1. The van der Waals surface area contributed by atoms with Crippen molar-refractivity contribution >= 4 is 43.3 Å². The number of phosphoric acid groups is 1. The average molecular weight is 849 g/mol. The highest BCUT2D eigenvalue weighted by molar-refractivity contribution is 7.47. The van der Waals surface area contributed by atoms with E-state index in [-0.39, 0.29) is 31.3 Å². The molecule has 328 valence electrons. The maximum Gasteiger partial charge on any atom is 0.472 e. The number of H-pyrrole nitrogens is 1. The lowest BCUT2D eigenvalue weighted by Crippen LogP contribution is -2.61. The van der Waals surface area contributed by atoms with E-state index >= 15 is 0 Å². The van der Waals surface area contributed by atoms with Gasteiger partial charge in [0.1, 0.15) is 30.2 Å². The highest BCUT2D eigenvalue weighted by Gasteiger charge is 2.37. The van der Waals surface area contributed by atoms with Crippen LogP contribution in [0.3, 0.4) is 0 Å². The third-order valence-electron chi connectivity index (χ3n) is 9.81. The Morgan fingerprint density at radius 2 is 1.58 bits per heavy atom. The quantitative estimate of drug-likeness (QED) is 0.0489. The second kappa shape index (κ2) is 24.4. The van der Waals surface area contributed by atoms with Crippen LogP contribution in [0, 0.1) is 5.92 Å². The smallest absolute Gasteiger partial charge is 0.394 e. The number of imidazole rings is 1. The van der Waals surface area contributed by atoms with E-state index in [9.17, 15) is 43.3 Å². The van der Waals surface area contributed by atoms with Crippen molar-refractivity contribution in [1.29, 1.82) is 0 Å². The number of nitrogens with zero attached hydrogens (tertiary/aromatic N) is 2. The third kappa shape index (κ3) is 16.8. The van der Waals surface area contributed by atoms with Crippen LogP contribution in [0.25, 0.3) is 0 Å². The minimum absolute atomic E-state index is 0.0673. The normalized spacial score (nSPS) is 17.5. The van der Waals surface area contributed by atoms with Gasteiger partial charge >= 0.3 is 7.82 Å². The second-order valence-corrected chi connectivity index (χ2v) is 16.6. The summed E-state index contributed by atoms with van der Waals surface area (Å²) < 4.78 is 22.9. The van der Waals surface area contributed by atoms with Gasteiger partial charge in [0.25, 0.3) is 0 Å². The SMILES string of the molecule is CC(=O)N1CCCC1C(=O)N[C@@H](CC(C)C)C(=O)N[C@@H](Cc1cnc[nH]1)C(=O)N[C@@H](CO)C(=O)N[C@H](C(N)=O)[C@@H](C)OP(=O)(O)OCCCCCCCc1ccccc1. The predicted molar refractivity (Wildman–Crippen MR) is 216 cm³/mol. The molecule has 0 bridgehead atoms. The lowest BCUT2D eigenvalue weighted by atomic mass is 10.0. The molecule has 9 N–H and O–H groups in total. The number of aliphatic hydroxyl groups is 1. The van der Waals surface area contributed by atoms with Gasteiger partial charge in [0.15, 0.2) is 0 Å². The lowest BCUT2D eigenvalue weighted by molar-refractivity contribution is -0.139. The van der Waals surface area contributed by atoms with E-state index in [1.165, 1.54) is 36.8 Å². The van der Waals surface area contributed by atoms with Gasteiger partial charge in [0.05, 0.1) is 25.6 Å². The number of nitrogens with one attached hydrogen (secondary N) is 5. The molecule has 1 aromatic heterocycles. The van der Waals surface area contributed by atoms with Crippen molar-refractivity contribution in [2.45, 2.75) is 128 Å². The van der Waals surface area contributed by atoms with Gasteiger partial charge < -0.3 is 46.9 Å². The van der Waals surface area contributed by atoms with Crippen molar-refractivity contribution < 1.29 is 52.4 Å². The lowest BCUT2D eigenvalue weighted by Gasteiger charge is -2.28. The van der Waals surface area contributed by atoms with Gasteiger partial charge in [-0.25, -0.2) is 9.55 Å². The summed E-state index contributed by atoms with van der Waals surface area (Å²) in [5.41, 5.74) is 7.19. The Morgan fingerprint density at radius 3 is 2.20 bits per heavy atom. The fourth-order valence-electron chi connectivity index (χ4n) is 6.71. The van der Waals surface area contributed by atoms with Crippen LogP contribution in [0.5, 0.6) is 0 Å². The van der Waals surface area contributed by atoms with Crippen LogP contribution in [-0.2, 0) is 55.2 Å². The number of carbonyl (C=O) groups excluding carboxylic acids is 6. The summed E-state index contributed by atoms with van der Waals surface area (Å²) in [6, 6.07) is 3.54. The number of phosphoric ester groups is 1. The van der Waals surface area contributed by atoms with Crippen LogP contribution in [0.2, 0.25) is 0 Å². The zero-order valence-electron chi connectivity index (χ0n) is 34.3. The van der Waals surface area contributed by atoms with Crippen molar-refractivity contribution in [2.24, 2.45) is 11.7 Å². The molecule has 1 aliphatic heterocycles. The summed E-state index contributed by atoms with van der Waals surface area (Å²) in [7, 11) is -4.71. The van der Waals surface area contributed by atoms with Gasteiger partial charge in [-0.3, -0.25) is 37.8 Å². The predicted octanol–water partition coefficient (Wildman–Crippen LogP) is 1.14. The second-order valence-electron chi connectivity index (χ2n) is 15.2. The fourth-order valence-corrected chi connectivity index (χ4v) is 7.68. The van der Waals surface area contributed by atoms with Crippen LogP contribution in [0.4, 0.5) is 0 Å². The molecule has 3 rings (SSSR count). The molecule has 7 atom stereocenters. The average Bonchev–Trinajstić information content (AvgIpc) is 3.89. The first kappa shape index (κ1) is 48.7. The number of hydrogen-bond acceptors (Lipinski definition) is 11. The molecule has 1 fully saturated rings. The van der Waals surface area contributed by atoms with E-state index in [0.717, 1.165) is 32.1 Å². The van der Waals surface area contributed by atoms with Gasteiger partial charge in [0.2, 0.25) is 35.4 Å². The van der Waals surface area contributed by atoms with Crippen LogP contribution < -0.4 is 27.0 Å². The van der Waals surface area contributed by atoms with Gasteiger partial charge in [-0.05, 0) is 56.9 Å². The Kier molecular flexibility index (Phi) is 20.1.